The van der Waals surface area contributed by atoms with Gasteiger partial charge in [0.1, 0.15) is 0 Å². The number of amides is 2. The highest BCUT2D eigenvalue weighted by atomic mass is 32.2. The quantitative estimate of drug-likeness (QED) is 0.763. The van der Waals surface area contributed by atoms with Gasteiger partial charge in [0.05, 0.1) is 16.1 Å². The molecule has 3 atom stereocenters. The van der Waals surface area contributed by atoms with Crippen LogP contribution in [0.2, 0.25) is 0 Å². The molecule has 1 heterocycles. The van der Waals surface area contributed by atoms with Crippen LogP contribution in [-0.2, 0) is 16.2 Å². The Hall–Kier alpha value is -2.59. The third kappa shape index (κ3) is 4.01. The van der Waals surface area contributed by atoms with E-state index in [1.165, 1.54) is 35.2 Å². The highest BCUT2D eigenvalue weighted by Crippen LogP contribution is 2.39. The molecule has 1 saturated heterocycles. The predicted octanol–water partition coefficient (Wildman–Crippen LogP) is 3.68. The number of nitrogens with one attached hydrogen (secondary N) is 2. The largest absolute Gasteiger partial charge is 0.418 e. The number of sulfonamides is 1. The summed E-state index contributed by atoms with van der Waals surface area (Å²) in [6, 6.07) is 11.7. The smallest absolute Gasteiger partial charge is 0.321 e. The van der Waals surface area contributed by atoms with E-state index in [0.29, 0.717) is 12.8 Å². The third-order valence-corrected chi connectivity index (χ3v) is 7.14. The topological polar surface area (TPSA) is 78.5 Å². The lowest BCUT2D eigenvalue weighted by Gasteiger charge is -2.32. The van der Waals surface area contributed by atoms with Crippen molar-refractivity contribution >= 4 is 21.7 Å². The Morgan fingerprint density at radius 2 is 1.67 bits per heavy atom. The number of piperidine rings is 1. The van der Waals surface area contributed by atoms with Crippen LogP contribution in [0.1, 0.15) is 18.4 Å². The molecule has 2 amide bonds. The minimum absolute atomic E-state index is 0.0860. The van der Waals surface area contributed by atoms with Gasteiger partial charge in [0.2, 0.25) is 10.0 Å². The van der Waals surface area contributed by atoms with Gasteiger partial charge in [-0.3, -0.25) is 0 Å². The zero-order valence-electron chi connectivity index (χ0n) is 15.8. The van der Waals surface area contributed by atoms with Gasteiger partial charge >= 0.3 is 12.2 Å². The molecule has 2 N–H and O–H groups in total. The first kappa shape index (κ1) is 20.7. The maximum Gasteiger partial charge on any atom is 0.418 e. The molecule has 0 spiro atoms. The fraction of sp³-hybridized carbons (Fsp3) is 0.350. The molecule has 1 aliphatic heterocycles. The molecule has 2 aromatic rings. The molecule has 30 heavy (non-hydrogen) atoms. The van der Waals surface area contributed by atoms with Crippen molar-refractivity contribution in [1.82, 2.24) is 9.62 Å². The molecule has 1 saturated carbocycles. The summed E-state index contributed by atoms with van der Waals surface area (Å²) < 4.78 is 67.2. The number of fused-ring (bicyclic) bond motifs is 2. The van der Waals surface area contributed by atoms with Crippen LogP contribution in [0.25, 0.3) is 0 Å². The molecular formula is C20H20F3N3O3S. The Kier molecular flexibility index (Phi) is 5.23. The van der Waals surface area contributed by atoms with Crippen LogP contribution in [-0.4, -0.2) is 38.0 Å². The van der Waals surface area contributed by atoms with Crippen LogP contribution in [0.5, 0.6) is 0 Å². The van der Waals surface area contributed by atoms with Crippen LogP contribution in [0, 0.1) is 5.92 Å². The Labute approximate surface area is 172 Å². The molecule has 0 aromatic heterocycles. The molecule has 0 radical (unpaired) electrons. The summed E-state index contributed by atoms with van der Waals surface area (Å²) in [4.78, 5) is 14.3. The highest BCUT2D eigenvalue weighted by molar-refractivity contribution is 7.89. The van der Waals surface area contributed by atoms with E-state index < -0.39 is 27.8 Å². The van der Waals surface area contributed by atoms with Gasteiger partial charge in [0, 0.05) is 18.6 Å². The fourth-order valence-corrected chi connectivity index (χ4v) is 5.58. The van der Waals surface area contributed by atoms with Crippen molar-refractivity contribution in [3.05, 3.63) is 60.2 Å². The van der Waals surface area contributed by atoms with E-state index in [1.807, 2.05) is 0 Å². The number of hydrogen-bond donors (Lipinski definition) is 2. The first-order valence-electron chi connectivity index (χ1n) is 9.46. The number of nitrogens with zero attached hydrogens (tertiary/aromatic N) is 1. The number of urea groups is 1. The lowest BCUT2D eigenvalue weighted by atomic mass is 10.0. The van der Waals surface area contributed by atoms with Crippen molar-refractivity contribution in [2.24, 2.45) is 5.92 Å². The number of para-hydroxylation sites is 1. The summed E-state index contributed by atoms with van der Waals surface area (Å²) in [7, 11) is -3.67. The first-order chi connectivity index (χ1) is 14.1. The molecule has 0 unspecified atom stereocenters. The predicted molar refractivity (Wildman–Crippen MR) is 104 cm³/mol. The minimum atomic E-state index is -4.57. The van der Waals surface area contributed by atoms with Gasteiger partial charge in [-0.05, 0) is 43.0 Å². The van der Waals surface area contributed by atoms with Crippen molar-refractivity contribution in [2.45, 2.75) is 36.0 Å². The maximum absolute atomic E-state index is 13.1. The number of benzene rings is 2. The first-order valence-corrected chi connectivity index (χ1v) is 10.9. The lowest BCUT2D eigenvalue weighted by Crippen LogP contribution is -2.48. The standard InChI is InChI=1S/C20H20F3N3O3S/c21-20(22,23)16-8-4-5-9-17(16)24-19(27)26-12-13-10-14(26)11-18(13)25-30(28,29)15-6-2-1-3-7-15/h1-9,13-14,18,25H,10-12H2,(H,24,27)/t13-,14-,18-/m0/s1. The number of alkyl halides is 3. The second kappa shape index (κ2) is 7.59. The lowest BCUT2D eigenvalue weighted by molar-refractivity contribution is -0.136. The van der Waals surface area contributed by atoms with Gasteiger partial charge in [-0.2, -0.15) is 13.2 Å². The van der Waals surface area contributed by atoms with E-state index in [-0.39, 0.29) is 35.1 Å². The molecule has 6 nitrogen and oxygen atoms in total. The maximum atomic E-state index is 13.1. The SMILES string of the molecule is O=C(Nc1ccccc1C(F)(F)F)N1C[C@@H]2C[C@H]1C[C@@H]2NS(=O)(=O)c1ccccc1. The van der Waals surface area contributed by atoms with Gasteiger partial charge in [-0.1, -0.05) is 30.3 Å². The van der Waals surface area contributed by atoms with Gasteiger partial charge in [0.25, 0.3) is 0 Å². The van der Waals surface area contributed by atoms with E-state index >= 15 is 0 Å². The zero-order chi connectivity index (χ0) is 21.5. The molecule has 2 bridgehead atoms. The summed E-state index contributed by atoms with van der Waals surface area (Å²) >= 11 is 0. The number of carbonyl (C=O) groups is 1. The van der Waals surface area contributed by atoms with E-state index in [0.717, 1.165) is 6.07 Å². The van der Waals surface area contributed by atoms with Crippen molar-refractivity contribution in [3.8, 4) is 0 Å². The van der Waals surface area contributed by atoms with Crippen molar-refractivity contribution in [3.63, 3.8) is 0 Å². The third-order valence-electron chi connectivity index (χ3n) is 5.64. The zero-order valence-corrected chi connectivity index (χ0v) is 16.6. The van der Waals surface area contributed by atoms with Crippen molar-refractivity contribution < 1.29 is 26.4 Å². The molecular weight excluding hydrogens is 419 g/mol. The summed E-state index contributed by atoms with van der Waals surface area (Å²) in [5.41, 5.74) is -1.20. The molecule has 1 aliphatic carbocycles. The molecule has 2 fully saturated rings. The van der Waals surface area contributed by atoms with Gasteiger partial charge in [-0.15, -0.1) is 0 Å². The van der Waals surface area contributed by atoms with Crippen LogP contribution in [0.3, 0.4) is 0 Å². The van der Waals surface area contributed by atoms with E-state index in [1.54, 1.807) is 18.2 Å². The van der Waals surface area contributed by atoms with Crippen molar-refractivity contribution in [1.29, 1.82) is 0 Å². The van der Waals surface area contributed by atoms with Gasteiger partial charge < -0.3 is 10.2 Å². The van der Waals surface area contributed by atoms with Crippen LogP contribution >= 0.6 is 0 Å². The number of hydrogen-bond acceptors (Lipinski definition) is 3. The molecule has 10 heteroatoms. The average Bonchev–Trinajstić information content (AvgIpc) is 3.28. The average molecular weight is 439 g/mol. The summed E-state index contributed by atoms with van der Waals surface area (Å²) in [6.07, 6.45) is -3.55. The second-order valence-electron chi connectivity index (χ2n) is 7.55. The Balaban J connectivity index is 1.41. The highest BCUT2D eigenvalue weighted by Gasteiger charge is 2.48. The Morgan fingerprint density at radius 3 is 2.30 bits per heavy atom. The number of likely N-dealkylation sites (tertiary alicyclic amines) is 1. The summed E-state index contributed by atoms with van der Waals surface area (Å²) in [5, 5.41) is 2.36. The minimum Gasteiger partial charge on any atom is -0.321 e. The normalized spacial score (nSPS) is 23.6. The van der Waals surface area contributed by atoms with E-state index in [2.05, 4.69) is 10.0 Å². The second-order valence-corrected chi connectivity index (χ2v) is 9.27. The number of rotatable bonds is 4. The van der Waals surface area contributed by atoms with Crippen LogP contribution < -0.4 is 10.0 Å². The van der Waals surface area contributed by atoms with Crippen LogP contribution in [0.15, 0.2) is 59.5 Å². The van der Waals surface area contributed by atoms with E-state index in [9.17, 15) is 26.4 Å². The van der Waals surface area contributed by atoms with Crippen molar-refractivity contribution in [2.75, 3.05) is 11.9 Å². The number of halogens is 3. The molecule has 2 aromatic carbocycles. The Bertz CT molecular complexity index is 1040. The van der Waals surface area contributed by atoms with Gasteiger partial charge in [0.15, 0.2) is 0 Å². The number of carbonyl (C=O) groups excluding carboxylic acids is 1. The molecule has 4 rings (SSSR count). The summed E-state index contributed by atoms with van der Waals surface area (Å²) in [5.74, 6) is -0.0860. The fourth-order valence-electron chi connectivity index (χ4n) is 4.24. The number of anilines is 1. The summed E-state index contributed by atoms with van der Waals surface area (Å²) in [6.45, 7) is 0.284. The van der Waals surface area contributed by atoms with Crippen LogP contribution in [0.4, 0.5) is 23.7 Å². The molecule has 160 valence electrons. The Morgan fingerprint density at radius 1 is 1.00 bits per heavy atom. The van der Waals surface area contributed by atoms with E-state index in [4.69, 9.17) is 0 Å². The van der Waals surface area contributed by atoms with Gasteiger partial charge in [-0.25, -0.2) is 17.9 Å². The monoisotopic (exact) mass is 439 g/mol. The molecule has 2 aliphatic rings.